The fourth-order valence-corrected chi connectivity index (χ4v) is 7.08. The lowest BCUT2D eigenvalue weighted by Gasteiger charge is -2.37. The molecule has 0 aliphatic rings. The summed E-state index contributed by atoms with van der Waals surface area (Å²) in [5.74, 6) is -1.03. The average molecular weight is 738 g/mol. The third kappa shape index (κ3) is 9.48. The summed E-state index contributed by atoms with van der Waals surface area (Å²) in [4.78, 5) is 42.7. The fraction of sp³-hybridized carbons (Fsp3) is 0.222. The highest BCUT2D eigenvalue weighted by Gasteiger charge is 2.36. The molecule has 0 saturated heterocycles. The highest BCUT2D eigenvalue weighted by molar-refractivity contribution is 5.98. The number of amides is 3. The molecule has 5 aromatic carbocycles. The Kier molecular flexibility index (Phi) is 12.7. The summed E-state index contributed by atoms with van der Waals surface area (Å²) in [5, 5.41) is 32.0. The number of nitrogens with one attached hydrogen (secondary N) is 5. The lowest BCUT2D eigenvalue weighted by Crippen LogP contribution is -2.53. The molecule has 0 radical (unpaired) electrons. The summed E-state index contributed by atoms with van der Waals surface area (Å²) >= 11 is 0. The van der Waals surface area contributed by atoms with Crippen LogP contribution in [0, 0.1) is 6.92 Å². The molecule has 0 saturated carbocycles. The number of unbranched alkanes of at least 4 members (excludes halogenated alkanes) is 1. The first kappa shape index (κ1) is 38.5. The van der Waals surface area contributed by atoms with Crippen molar-refractivity contribution in [3.63, 3.8) is 0 Å². The Balaban J connectivity index is 1.21. The third-order valence-electron chi connectivity index (χ3n) is 9.96. The molecule has 3 amide bonds. The van der Waals surface area contributed by atoms with E-state index >= 15 is 0 Å². The van der Waals surface area contributed by atoms with E-state index < -0.39 is 35.5 Å². The molecule has 282 valence electrons. The number of para-hydroxylation sites is 1. The third-order valence-corrected chi connectivity index (χ3v) is 9.96. The number of anilines is 1. The van der Waals surface area contributed by atoms with Gasteiger partial charge in [0.15, 0.2) is 0 Å². The monoisotopic (exact) mass is 737 g/mol. The number of aliphatic hydroxyl groups excluding tert-OH is 1. The highest BCUT2D eigenvalue weighted by Crippen LogP contribution is 2.37. The number of hydrogen-bond donors (Lipinski definition) is 7. The number of aliphatic hydroxyl groups is 1. The maximum Gasteiger partial charge on any atom is 0.405 e. The van der Waals surface area contributed by atoms with Crippen LogP contribution in [-0.2, 0) is 28.2 Å². The Morgan fingerprint density at radius 3 is 1.95 bits per heavy atom. The van der Waals surface area contributed by atoms with Crippen LogP contribution in [0.2, 0.25) is 0 Å². The van der Waals surface area contributed by atoms with Crippen LogP contribution in [-0.4, -0.2) is 51.7 Å². The van der Waals surface area contributed by atoms with Crippen molar-refractivity contribution in [3.8, 4) is 0 Å². The van der Waals surface area contributed by atoms with Crippen molar-refractivity contribution in [1.29, 1.82) is 0 Å². The van der Waals surface area contributed by atoms with Gasteiger partial charge in [0.25, 0.3) is 0 Å². The van der Waals surface area contributed by atoms with Crippen LogP contribution in [0.1, 0.15) is 52.6 Å². The highest BCUT2D eigenvalue weighted by atomic mass is 16.4. The Morgan fingerprint density at radius 2 is 1.31 bits per heavy atom. The number of rotatable bonds is 17. The van der Waals surface area contributed by atoms with E-state index in [9.17, 15) is 24.6 Å². The Hall–Kier alpha value is -6.23. The van der Waals surface area contributed by atoms with Crippen LogP contribution in [0.5, 0.6) is 0 Å². The van der Waals surface area contributed by atoms with Crippen LogP contribution < -0.4 is 21.3 Å². The molecule has 0 bridgehead atoms. The normalized spacial score (nSPS) is 12.5. The molecule has 10 nitrogen and oxygen atoms in total. The number of aromatic amines is 1. The Morgan fingerprint density at radius 1 is 0.691 bits per heavy atom. The lowest BCUT2D eigenvalue weighted by molar-refractivity contribution is -0.128. The Bertz CT molecular complexity index is 2130. The van der Waals surface area contributed by atoms with E-state index in [-0.39, 0.29) is 13.0 Å². The molecular weight excluding hydrogens is 691 g/mol. The first-order chi connectivity index (χ1) is 26.8. The number of carbonyl (C=O) groups excluding carboxylic acids is 2. The van der Waals surface area contributed by atoms with Gasteiger partial charge in [0.2, 0.25) is 11.8 Å². The maximum atomic E-state index is 13.8. The van der Waals surface area contributed by atoms with Gasteiger partial charge in [-0.05, 0) is 78.7 Å². The zero-order valence-corrected chi connectivity index (χ0v) is 30.8. The minimum absolute atomic E-state index is 0.0864. The van der Waals surface area contributed by atoms with Crippen molar-refractivity contribution in [3.05, 3.63) is 173 Å². The molecule has 7 N–H and O–H groups in total. The molecular formula is C45H47N5O5. The molecule has 6 rings (SSSR count). The van der Waals surface area contributed by atoms with Crippen molar-refractivity contribution in [2.75, 3.05) is 11.9 Å². The number of H-pyrrole nitrogens is 1. The summed E-state index contributed by atoms with van der Waals surface area (Å²) in [6.45, 7) is 2.53. The predicted octanol–water partition coefficient (Wildman–Crippen LogP) is 7.02. The van der Waals surface area contributed by atoms with Gasteiger partial charge in [-0.3, -0.25) is 14.9 Å². The van der Waals surface area contributed by atoms with Crippen LogP contribution in [0.4, 0.5) is 10.5 Å². The number of aromatic nitrogens is 1. The lowest BCUT2D eigenvalue weighted by atomic mass is 9.76. The summed E-state index contributed by atoms with van der Waals surface area (Å²) in [5.41, 5.74) is 6.64. The van der Waals surface area contributed by atoms with Gasteiger partial charge in [0.1, 0.15) is 12.1 Å². The number of fused-ring (bicyclic) bond motifs is 1. The minimum Gasteiger partial charge on any atom is -0.465 e. The molecule has 1 heterocycles. The van der Waals surface area contributed by atoms with Gasteiger partial charge in [0, 0.05) is 29.2 Å². The zero-order chi connectivity index (χ0) is 38.6. The van der Waals surface area contributed by atoms with Crippen molar-refractivity contribution in [2.45, 2.75) is 56.8 Å². The van der Waals surface area contributed by atoms with Gasteiger partial charge in [-0.2, -0.15) is 0 Å². The molecule has 10 heteroatoms. The molecule has 0 spiro atoms. The van der Waals surface area contributed by atoms with E-state index in [1.807, 2.05) is 60.7 Å². The summed E-state index contributed by atoms with van der Waals surface area (Å²) in [6.07, 6.45) is 2.05. The number of carbonyl (C=O) groups is 3. The topological polar surface area (TPSA) is 156 Å². The van der Waals surface area contributed by atoms with Crippen LogP contribution in [0.3, 0.4) is 0 Å². The first-order valence-electron chi connectivity index (χ1n) is 18.6. The average Bonchev–Trinajstić information content (AvgIpc) is 3.62. The summed E-state index contributed by atoms with van der Waals surface area (Å²) < 4.78 is 0. The van der Waals surface area contributed by atoms with E-state index in [0.29, 0.717) is 37.1 Å². The second kappa shape index (κ2) is 18.2. The van der Waals surface area contributed by atoms with Crippen molar-refractivity contribution >= 4 is 34.5 Å². The molecule has 0 fully saturated rings. The van der Waals surface area contributed by atoms with Gasteiger partial charge in [0.05, 0.1) is 12.1 Å². The van der Waals surface area contributed by atoms with Gasteiger partial charge in [-0.15, -0.1) is 0 Å². The van der Waals surface area contributed by atoms with E-state index in [1.165, 1.54) is 0 Å². The molecule has 55 heavy (non-hydrogen) atoms. The largest absolute Gasteiger partial charge is 0.465 e. The number of aryl methyl sites for hydroxylation is 1. The maximum absolute atomic E-state index is 13.8. The first-order valence-corrected chi connectivity index (χ1v) is 18.6. The van der Waals surface area contributed by atoms with Gasteiger partial charge >= 0.3 is 6.09 Å². The summed E-state index contributed by atoms with van der Waals surface area (Å²) in [6, 6.07) is 41.5. The van der Waals surface area contributed by atoms with Crippen LogP contribution in [0.25, 0.3) is 10.9 Å². The molecule has 0 aliphatic carbocycles. The smallest absolute Gasteiger partial charge is 0.405 e. The molecule has 2 unspecified atom stereocenters. The number of carboxylic acid groups (broad SMARTS) is 1. The quantitative estimate of drug-likeness (QED) is 0.0394. The van der Waals surface area contributed by atoms with Crippen molar-refractivity contribution in [1.82, 2.24) is 20.9 Å². The predicted molar refractivity (Wildman–Crippen MR) is 216 cm³/mol. The van der Waals surface area contributed by atoms with E-state index in [1.54, 1.807) is 30.5 Å². The fourth-order valence-electron chi connectivity index (χ4n) is 7.08. The van der Waals surface area contributed by atoms with E-state index in [0.717, 1.165) is 38.7 Å². The zero-order valence-electron chi connectivity index (χ0n) is 30.8. The van der Waals surface area contributed by atoms with E-state index in [2.05, 4.69) is 81.7 Å². The number of hydrogen-bond acceptors (Lipinski definition) is 5. The van der Waals surface area contributed by atoms with Gasteiger partial charge in [-0.25, -0.2) is 4.79 Å². The second-order valence-electron chi connectivity index (χ2n) is 13.7. The molecule has 1 aromatic heterocycles. The van der Waals surface area contributed by atoms with Crippen molar-refractivity contribution < 1.29 is 24.6 Å². The standard InChI is InChI=1S/C45H47N5O5/c1-31-19-23-36(24-20-31)45(34-12-4-2-5-13-34,35-14-6-3-7-15-35)47-27-11-10-18-40(42(52)48-37-25-21-32(30-51)22-26-37)49-43(53)41(50-44(54)55)28-33-29-46-39-17-9-8-16-38(33)39/h2-9,12-17,19-26,29,40-41,46-47,50-51H,10-11,18,27-28,30H2,1H3,(H,48,52)(H,49,53)(H,54,55). The van der Waals surface area contributed by atoms with Crippen molar-refractivity contribution in [2.24, 2.45) is 0 Å². The van der Waals surface area contributed by atoms with E-state index in [4.69, 9.17) is 0 Å². The van der Waals surface area contributed by atoms with Gasteiger partial charge in [-0.1, -0.05) is 121 Å². The SMILES string of the molecule is Cc1ccc(C(NCCCCC(NC(=O)C(Cc2c[nH]c3ccccc23)NC(=O)O)C(=O)Nc2ccc(CO)cc2)(c2ccccc2)c2ccccc2)cc1. The molecule has 6 aromatic rings. The van der Waals surface area contributed by atoms with Crippen LogP contribution >= 0.6 is 0 Å². The Labute approximate surface area is 321 Å². The molecule has 0 aliphatic heterocycles. The second-order valence-corrected chi connectivity index (χ2v) is 13.7. The molecule has 2 atom stereocenters. The van der Waals surface area contributed by atoms with Crippen LogP contribution in [0.15, 0.2) is 140 Å². The van der Waals surface area contributed by atoms with Gasteiger partial charge < -0.3 is 31.1 Å². The number of benzene rings is 5. The summed E-state index contributed by atoms with van der Waals surface area (Å²) in [7, 11) is 0. The minimum atomic E-state index is -1.34.